The van der Waals surface area contributed by atoms with Crippen LogP contribution in [0.25, 0.3) is 0 Å². The maximum Gasteiger partial charge on any atom is 0.328 e. The predicted molar refractivity (Wildman–Crippen MR) is 57.6 cm³/mol. The lowest BCUT2D eigenvalue weighted by Crippen LogP contribution is -2.61. The second kappa shape index (κ2) is 5.29. The van der Waals surface area contributed by atoms with Crippen LogP contribution in [0.4, 0.5) is 4.79 Å². The van der Waals surface area contributed by atoms with Gasteiger partial charge in [-0.25, -0.2) is 9.59 Å². The molecule has 3 amide bonds. The Morgan fingerprint density at radius 1 is 1.53 bits per heavy atom. The van der Waals surface area contributed by atoms with Gasteiger partial charge in [0, 0.05) is 6.54 Å². The van der Waals surface area contributed by atoms with Gasteiger partial charge in [0.15, 0.2) is 5.82 Å². The van der Waals surface area contributed by atoms with Crippen molar-refractivity contribution in [1.82, 2.24) is 36.2 Å². The molecule has 19 heavy (non-hydrogen) atoms. The first kappa shape index (κ1) is 12.7. The van der Waals surface area contributed by atoms with Gasteiger partial charge < -0.3 is 15.7 Å². The third-order valence-corrected chi connectivity index (χ3v) is 2.52. The Bertz CT molecular complexity index is 487. The quantitative estimate of drug-likeness (QED) is 0.465. The van der Waals surface area contributed by atoms with E-state index in [1.165, 1.54) is 0 Å². The second-order valence-electron chi connectivity index (χ2n) is 3.77. The van der Waals surface area contributed by atoms with Crippen LogP contribution in [0.5, 0.6) is 0 Å². The van der Waals surface area contributed by atoms with Crippen molar-refractivity contribution in [2.75, 3.05) is 13.1 Å². The molecule has 1 saturated heterocycles. The molecule has 2 heterocycles. The van der Waals surface area contributed by atoms with Gasteiger partial charge in [0.2, 0.25) is 5.91 Å². The SMILES string of the molecule is O=C1CN(C(=O)NCc2nn[nH]n2)C(C(=O)O)CN1. The van der Waals surface area contributed by atoms with Gasteiger partial charge in [-0.15, -0.1) is 10.2 Å². The fourth-order valence-corrected chi connectivity index (χ4v) is 1.59. The first-order valence-electron chi connectivity index (χ1n) is 5.34. The highest BCUT2D eigenvalue weighted by Gasteiger charge is 2.35. The van der Waals surface area contributed by atoms with Gasteiger partial charge in [0.05, 0.1) is 6.54 Å². The third kappa shape index (κ3) is 2.94. The normalized spacial score (nSPS) is 18.8. The second-order valence-corrected chi connectivity index (χ2v) is 3.77. The van der Waals surface area contributed by atoms with Crippen LogP contribution in [-0.2, 0) is 16.1 Å². The van der Waals surface area contributed by atoms with E-state index in [0.717, 1.165) is 4.90 Å². The van der Waals surface area contributed by atoms with Gasteiger partial charge in [-0.05, 0) is 0 Å². The Morgan fingerprint density at radius 3 is 2.95 bits per heavy atom. The number of carbonyl (C=O) groups excluding carboxylic acids is 2. The standard InChI is InChI=1S/C8H11N7O4/c16-6-3-15(4(1-9-6)7(17)18)8(19)10-2-5-11-13-14-12-5/h4H,1-3H2,(H,9,16)(H,10,19)(H,17,18)(H,11,12,13,14). The lowest BCUT2D eigenvalue weighted by atomic mass is 10.2. The molecule has 1 aliphatic rings. The van der Waals surface area contributed by atoms with Crippen molar-refractivity contribution in [2.24, 2.45) is 0 Å². The van der Waals surface area contributed by atoms with E-state index in [4.69, 9.17) is 5.11 Å². The number of carboxylic acid groups (broad SMARTS) is 1. The van der Waals surface area contributed by atoms with Crippen LogP contribution in [0.3, 0.4) is 0 Å². The van der Waals surface area contributed by atoms with E-state index in [1.54, 1.807) is 0 Å². The molecular weight excluding hydrogens is 258 g/mol. The van der Waals surface area contributed by atoms with Gasteiger partial charge >= 0.3 is 12.0 Å². The molecule has 0 aromatic carbocycles. The first-order valence-corrected chi connectivity index (χ1v) is 5.34. The number of tetrazole rings is 1. The van der Waals surface area contributed by atoms with E-state index in [0.29, 0.717) is 0 Å². The Morgan fingerprint density at radius 2 is 2.32 bits per heavy atom. The largest absolute Gasteiger partial charge is 0.480 e. The predicted octanol–water partition coefficient (Wildman–Crippen LogP) is -2.71. The molecule has 11 nitrogen and oxygen atoms in total. The highest BCUT2D eigenvalue weighted by atomic mass is 16.4. The van der Waals surface area contributed by atoms with Gasteiger partial charge in [-0.2, -0.15) is 5.21 Å². The maximum atomic E-state index is 11.8. The van der Waals surface area contributed by atoms with Crippen LogP contribution in [0.1, 0.15) is 5.82 Å². The summed E-state index contributed by atoms with van der Waals surface area (Å²) in [6.45, 7) is -0.446. The zero-order valence-corrected chi connectivity index (χ0v) is 9.66. The van der Waals surface area contributed by atoms with E-state index in [1.807, 2.05) is 0 Å². The third-order valence-electron chi connectivity index (χ3n) is 2.52. The molecule has 1 atom stereocenters. The summed E-state index contributed by atoms with van der Waals surface area (Å²) in [6, 6.07) is -1.77. The summed E-state index contributed by atoms with van der Waals surface area (Å²) in [5.41, 5.74) is 0. The minimum atomic E-state index is -1.19. The molecule has 4 N–H and O–H groups in total. The average Bonchev–Trinajstić information content (AvgIpc) is 2.88. The monoisotopic (exact) mass is 269 g/mol. The number of hydrogen-bond donors (Lipinski definition) is 4. The molecule has 0 aliphatic carbocycles. The minimum absolute atomic E-state index is 0.0141. The number of nitrogens with zero attached hydrogens (tertiary/aromatic N) is 4. The number of rotatable bonds is 3. The van der Waals surface area contributed by atoms with E-state index in [-0.39, 0.29) is 25.5 Å². The number of nitrogens with one attached hydrogen (secondary N) is 3. The van der Waals surface area contributed by atoms with Crippen LogP contribution >= 0.6 is 0 Å². The molecule has 0 bridgehead atoms. The molecular formula is C8H11N7O4. The lowest BCUT2D eigenvalue weighted by molar-refractivity contribution is -0.144. The number of H-pyrrole nitrogens is 1. The van der Waals surface area contributed by atoms with Crippen LogP contribution < -0.4 is 10.6 Å². The van der Waals surface area contributed by atoms with E-state index in [9.17, 15) is 14.4 Å². The number of aromatic amines is 1. The summed E-state index contributed by atoms with van der Waals surface area (Å²) >= 11 is 0. The van der Waals surface area contributed by atoms with E-state index < -0.39 is 23.9 Å². The van der Waals surface area contributed by atoms with Crippen LogP contribution in [0.15, 0.2) is 0 Å². The van der Waals surface area contributed by atoms with Crippen LogP contribution in [0, 0.1) is 0 Å². The molecule has 1 aliphatic heterocycles. The Hall–Kier alpha value is -2.72. The first-order chi connectivity index (χ1) is 9.08. The van der Waals surface area contributed by atoms with Gasteiger partial charge in [-0.3, -0.25) is 9.69 Å². The fourth-order valence-electron chi connectivity index (χ4n) is 1.59. The van der Waals surface area contributed by atoms with Crippen molar-refractivity contribution in [3.63, 3.8) is 0 Å². The summed E-state index contributed by atoms with van der Waals surface area (Å²) < 4.78 is 0. The Kier molecular flexibility index (Phi) is 3.54. The molecule has 0 radical (unpaired) electrons. The van der Waals surface area contributed by atoms with Gasteiger partial charge in [-0.1, -0.05) is 5.21 Å². The number of carbonyl (C=O) groups is 3. The van der Waals surface area contributed by atoms with Crippen molar-refractivity contribution in [3.05, 3.63) is 5.82 Å². The molecule has 0 spiro atoms. The summed E-state index contributed by atoms with van der Waals surface area (Å²) in [7, 11) is 0. The van der Waals surface area contributed by atoms with Crippen molar-refractivity contribution < 1.29 is 19.5 Å². The molecule has 102 valence electrons. The molecule has 1 aromatic rings. The average molecular weight is 269 g/mol. The summed E-state index contributed by atoms with van der Waals surface area (Å²) in [5.74, 6) is -1.34. The van der Waals surface area contributed by atoms with Gasteiger partial charge in [0.1, 0.15) is 12.6 Å². The highest BCUT2D eigenvalue weighted by Crippen LogP contribution is 2.05. The Balaban J connectivity index is 1.98. The molecule has 11 heteroatoms. The minimum Gasteiger partial charge on any atom is -0.480 e. The van der Waals surface area contributed by atoms with E-state index >= 15 is 0 Å². The molecule has 1 unspecified atom stereocenters. The number of aliphatic carboxylic acids is 1. The van der Waals surface area contributed by atoms with Crippen molar-refractivity contribution in [2.45, 2.75) is 12.6 Å². The van der Waals surface area contributed by atoms with Crippen LogP contribution in [0.2, 0.25) is 0 Å². The molecule has 1 fully saturated rings. The van der Waals surface area contributed by atoms with E-state index in [2.05, 4.69) is 31.3 Å². The number of carboxylic acids is 1. The summed E-state index contributed by atoms with van der Waals surface area (Å²) in [4.78, 5) is 35.0. The molecule has 0 saturated carbocycles. The zero-order valence-electron chi connectivity index (χ0n) is 9.66. The van der Waals surface area contributed by atoms with Crippen molar-refractivity contribution >= 4 is 17.9 Å². The number of aromatic nitrogens is 4. The Labute approximate surface area is 106 Å². The number of hydrogen-bond acceptors (Lipinski definition) is 6. The van der Waals surface area contributed by atoms with Crippen molar-refractivity contribution in [3.8, 4) is 0 Å². The highest BCUT2D eigenvalue weighted by molar-refractivity contribution is 5.90. The maximum absolute atomic E-state index is 11.8. The lowest BCUT2D eigenvalue weighted by Gasteiger charge is -2.32. The molecule has 2 rings (SSSR count). The number of piperazine rings is 1. The fraction of sp³-hybridized carbons (Fsp3) is 0.500. The van der Waals surface area contributed by atoms with Gasteiger partial charge in [0.25, 0.3) is 0 Å². The molecule has 1 aromatic heterocycles. The number of urea groups is 1. The number of amides is 3. The smallest absolute Gasteiger partial charge is 0.328 e. The zero-order chi connectivity index (χ0) is 13.8. The summed E-state index contributed by atoms with van der Waals surface area (Å²) in [6.07, 6.45) is 0. The topological polar surface area (TPSA) is 153 Å². The van der Waals surface area contributed by atoms with Crippen LogP contribution in [-0.4, -0.2) is 67.7 Å². The van der Waals surface area contributed by atoms with Crippen molar-refractivity contribution in [1.29, 1.82) is 0 Å². The summed E-state index contributed by atoms with van der Waals surface area (Å²) in [5, 5.41) is 26.6.